The van der Waals surface area contributed by atoms with Crippen molar-refractivity contribution in [3.63, 3.8) is 0 Å². The molecule has 1 fully saturated rings. The van der Waals surface area contributed by atoms with Crippen LogP contribution in [0, 0.1) is 5.92 Å². The van der Waals surface area contributed by atoms with Crippen LogP contribution in [0.25, 0.3) is 11.2 Å². The summed E-state index contributed by atoms with van der Waals surface area (Å²) < 4.78 is 1.95. The Kier molecular flexibility index (Phi) is 4.65. The number of aliphatic hydroxyl groups is 1. The number of likely N-dealkylation sites (tertiary alicyclic amines) is 1. The Hall–Kier alpha value is -2.02. The molecule has 0 radical (unpaired) electrons. The third-order valence-corrected chi connectivity index (χ3v) is 5.11. The lowest BCUT2D eigenvalue weighted by atomic mass is 9.97. The van der Waals surface area contributed by atoms with Gasteiger partial charge in [0.15, 0.2) is 10.8 Å². The smallest absolute Gasteiger partial charge is 0.165 e. The predicted octanol–water partition coefficient (Wildman–Crippen LogP) is 2.36. The molecule has 0 amide bonds. The number of fused-ring (bicyclic) bond motifs is 1. The van der Waals surface area contributed by atoms with Gasteiger partial charge in [-0.15, -0.1) is 0 Å². The van der Waals surface area contributed by atoms with Crippen LogP contribution in [0.4, 0.5) is 0 Å². The zero-order chi connectivity index (χ0) is 17.2. The van der Waals surface area contributed by atoms with E-state index < -0.39 is 0 Å². The van der Waals surface area contributed by atoms with E-state index in [0.717, 1.165) is 25.0 Å². The van der Waals surface area contributed by atoms with Crippen molar-refractivity contribution in [3.05, 3.63) is 53.7 Å². The number of nitrogens with zero attached hydrogens (tertiary/aromatic N) is 5. The van der Waals surface area contributed by atoms with E-state index in [-0.39, 0.29) is 12.0 Å². The van der Waals surface area contributed by atoms with Crippen molar-refractivity contribution in [2.75, 3.05) is 13.1 Å². The molecule has 0 unspecified atom stereocenters. The minimum absolute atomic E-state index is 0.285. The summed E-state index contributed by atoms with van der Waals surface area (Å²) in [5, 5.41) is 10.8. The van der Waals surface area contributed by atoms with Crippen LogP contribution in [-0.4, -0.2) is 48.7 Å². The van der Waals surface area contributed by atoms with Crippen molar-refractivity contribution in [3.8, 4) is 0 Å². The van der Waals surface area contributed by atoms with Gasteiger partial charge in [0.25, 0.3) is 0 Å². The number of aliphatic hydroxyl groups excluding tert-OH is 1. The van der Waals surface area contributed by atoms with Crippen molar-refractivity contribution in [2.45, 2.75) is 25.6 Å². The maximum atomic E-state index is 10.4. The van der Waals surface area contributed by atoms with Crippen LogP contribution in [0.5, 0.6) is 0 Å². The lowest BCUT2D eigenvalue weighted by Gasteiger charge is -2.16. The molecule has 1 aliphatic heterocycles. The zero-order valence-corrected chi connectivity index (χ0v) is 14.5. The fourth-order valence-corrected chi connectivity index (χ4v) is 3.69. The second kappa shape index (κ2) is 7.07. The Bertz CT molecular complexity index is 853. The minimum atomic E-state index is -0.295. The second-order valence-electron chi connectivity index (χ2n) is 6.58. The van der Waals surface area contributed by atoms with E-state index in [4.69, 9.17) is 11.6 Å². The maximum absolute atomic E-state index is 10.4. The zero-order valence-electron chi connectivity index (χ0n) is 13.8. The Labute approximate surface area is 151 Å². The summed E-state index contributed by atoms with van der Waals surface area (Å²) >= 11 is 6.05. The minimum Gasteiger partial charge on any atom is -0.391 e. The lowest BCUT2D eigenvalue weighted by Crippen LogP contribution is -2.24. The van der Waals surface area contributed by atoms with Gasteiger partial charge in [0.1, 0.15) is 11.8 Å². The molecule has 3 aromatic rings. The van der Waals surface area contributed by atoms with Gasteiger partial charge in [0, 0.05) is 13.1 Å². The number of rotatable bonds is 5. The highest BCUT2D eigenvalue weighted by molar-refractivity contribution is 6.33. The molecule has 3 heterocycles. The third-order valence-electron chi connectivity index (χ3n) is 4.84. The van der Waals surface area contributed by atoms with Gasteiger partial charge in [-0.2, -0.15) is 0 Å². The van der Waals surface area contributed by atoms with Gasteiger partial charge in [-0.1, -0.05) is 41.9 Å². The number of β-amino-alcohol motifs (C(OH)–C–C–N with tert-alkyl or cyclic N) is 1. The standard InChI is InChI=1S/C18H20ClN5O/c19-17-16-18(21-10-20-17)24(11-22-16)12-23-8-14(15(25)9-23)7-6-13-4-2-1-3-5-13/h1-5,10-11,14-15,25H,6-9,12H2/t14-,15-/m0/s1. The first kappa shape index (κ1) is 16.4. The van der Waals surface area contributed by atoms with Gasteiger partial charge in [0.05, 0.1) is 19.1 Å². The molecule has 7 heteroatoms. The quantitative estimate of drug-likeness (QED) is 0.710. The fraction of sp³-hybridized carbons (Fsp3) is 0.389. The van der Waals surface area contributed by atoms with E-state index >= 15 is 0 Å². The largest absolute Gasteiger partial charge is 0.391 e. The van der Waals surface area contributed by atoms with Crippen LogP contribution in [-0.2, 0) is 13.1 Å². The molecule has 6 nitrogen and oxygen atoms in total. The van der Waals surface area contributed by atoms with Crippen LogP contribution in [0.3, 0.4) is 0 Å². The Morgan fingerprint density at radius 3 is 2.80 bits per heavy atom. The normalized spacial score (nSPS) is 21.2. The summed E-state index contributed by atoms with van der Waals surface area (Å²) in [6.45, 7) is 2.17. The number of aromatic nitrogens is 4. The van der Waals surface area contributed by atoms with Crippen LogP contribution >= 0.6 is 11.6 Å². The SMILES string of the molecule is O[C@H]1CN(Cn2cnc3c(Cl)ncnc32)C[C@@H]1CCc1ccccc1. The summed E-state index contributed by atoms with van der Waals surface area (Å²) in [6.07, 6.45) is 4.86. The van der Waals surface area contributed by atoms with E-state index in [1.807, 2.05) is 10.6 Å². The topological polar surface area (TPSA) is 67.1 Å². The molecule has 1 aromatic carbocycles. The van der Waals surface area contributed by atoms with Gasteiger partial charge < -0.3 is 9.67 Å². The summed E-state index contributed by atoms with van der Waals surface area (Å²) in [7, 11) is 0. The van der Waals surface area contributed by atoms with Gasteiger partial charge in [-0.25, -0.2) is 15.0 Å². The van der Waals surface area contributed by atoms with E-state index in [1.165, 1.54) is 11.9 Å². The molecule has 0 saturated carbocycles. The first-order valence-electron chi connectivity index (χ1n) is 8.46. The number of hydrogen-bond donors (Lipinski definition) is 1. The molecule has 2 aromatic heterocycles. The Morgan fingerprint density at radius 1 is 1.12 bits per heavy atom. The highest BCUT2D eigenvalue weighted by Crippen LogP contribution is 2.24. The first-order valence-corrected chi connectivity index (χ1v) is 8.84. The number of aryl methyl sites for hydroxylation is 1. The average Bonchev–Trinajstić information content (AvgIpc) is 3.19. The van der Waals surface area contributed by atoms with Crippen LogP contribution < -0.4 is 0 Å². The monoisotopic (exact) mass is 357 g/mol. The highest BCUT2D eigenvalue weighted by Gasteiger charge is 2.31. The van der Waals surface area contributed by atoms with Crippen molar-refractivity contribution in [1.82, 2.24) is 24.4 Å². The molecule has 2 atom stereocenters. The summed E-state index contributed by atoms with van der Waals surface area (Å²) in [5.41, 5.74) is 2.66. The van der Waals surface area contributed by atoms with Crippen molar-refractivity contribution < 1.29 is 5.11 Å². The molecule has 0 aliphatic carbocycles. The van der Waals surface area contributed by atoms with Crippen LogP contribution in [0.15, 0.2) is 43.0 Å². The van der Waals surface area contributed by atoms with Crippen molar-refractivity contribution in [2.24, 2.45) is 5.92 Å². The van der Waals surface area contributed by atoms with Crippen molar-refractivity contribution in [1.29, 1.82) is 0 Å². The fourth-order valence-electron chi connectivity index (χ4n) is 3.51. The Balaban J connectivity index is 1.40. The van der Waals surface area contributed by atoms with Crippen LogP contribution in [0.1, 0.15) is 12.0 Å². The molecular formula is C18H20ClN5O. The summed E-state index contributed by atoms with van der Waals surface area (Å²) in [5.74, 6) is 0.285. The summed E-state index contributed by atoms with van der Waals surface area (Å²) in [6, 6.07) is 10.4. The molecule has 4 rings (SSSR count). The summed E-state index contributed by atoms with van der Waals surface area (Å²) in [4.78, 5) is 14.8. The molecule has 1 saturated heterocycles. The Morgan fingerprint density at radius 2 is 1.96 bits per heavy atom. The van der Waals surface area contributed by atoms with Crippen LogP contribution in [0.2, 0.25) is 5.15 Å². The number of benzene rings is 1. The molecule has 0 spiro atoms. The number of imidazole rings is 1. The average molecular weight is 358 g/mol. The van der Waals surface area contributed by atoms with Gasteiger partial charge >= 0.3 is 0 Å². The van der Waals surface area contributed by atoms with E-state index in [9.17, 15) is 5.11 Å². The van der Waals surface area contributed by atoms with E-state index in [0.29, 0.717) is 23.9 Å². The molecule has 130 valence electrons. The molecule has 1 aliphatic rings. The van der Waals surface area contributed by atoms with Gasteiger partial charge in [0.2, 0.25) is 0 Å². The van der Waals surface area contributed by atoms with E-state index in [2.05, 4.69) is 44.1 Å². The molecule has 25 heavy (non-hydrogen) atoms. The van der Waals surface area contributed by atoms with Gasteiger partial charge in [-0.05, 0) is 24.3 Å². The first-order chi connectivity index (χ1) is 12.2. The number of hydrogen-bond acceptors (Lipinski definition) is 5. The van der Waals surface area contributed by atoms with E-state index in [1.54, 1.807) is 6.33 Å². The molecule has 1 N–H and O–H groups in total. The predicted molar refractivity (Wildman–Crippen MR) is 96.2 cm³/mol. The van der Waals surface area contributed by atoms with Gasteiger partial charge in [-0.3, -0.25) is 4.90 Å². The lowest BCUT2D eigenvalue weighted by molar-refractivity contribution is 0.135. The number of halogens is 1. The molecular weight excluding hydrogens is 338 g/mol. The molecule has 0 bridgehead atoms. The maximum Gasteiger partial charge on any atom is 0.165 e. The highest BCUT2D eigenvalue weighted by atomic mass is 35.5. The van der Waals surface area contributed by atoms with Crippen molar-refractivity contribution >= 4 is 22.8 Å². The second-order valence-corrected chi connectivity index (χ2v) is 6.94. The third kappa shape index (κ3) is 3.51.